The highest BCUT2D eigenvalue weighted by Crippen LogP contribution is 2.23. The molecule has 2 aromatic rings. The van der Waals surface area contributed by atoms with E-state index in [1.165, 1.54) is 6.08 Å². The Balaban J connectivity index is 2.29. The van der Waals surface area contributed by atoms with Crippen molar-refractivity contribution in [3.05, 3.63) is 64.4 Å². The number of hydrogen-bond acceptors (Lipinski definition) is 4. The van der Waals surface area contributed by atoms with Gasteiger partial charge in [-0.15, -0.1) is 0 Å². The van der Waals surface area contributed by atoms with Crippen molar-refractivity contribution in [2.24, 2.45) is 5.11 Å². The molecule has 0 N–H and O–H groups in total. The van der Waals surface area contributed by atoms with Gasteiger partial charge in [0.1, 0.15) is 17.2 Å². The number of benzene rings is 1. The highest BCUT2D eigenvalue weighted by molar-refractivity contribution is 5.92. The molecule has 0 unspecified atom stereocenters. The summed E-state index contributed by atoms with van der Waals surface area (Å²) in [4.78, 5) is 14.2. The van der Waals surface area contributed by atoms with E-state index in [1.807, 2.05) is 30.3 Å². The number of carbonyl (C=O) groups is 1. The molecule has 0 saturated carbocycles. The zero-order valence-corrected chi connectivity index (χ0v) is 11.4. The molecule has 1 aromatic heterocycles. The number of azide groups is 1. The quantitative estimate of drug-likeness (QED) is 0.271. The van der Waals surface area contributed by atoms with E-state index in [2.05, 4.69) is 10.0 Å². The van der Waals surface area contributed by atoms with Crippen LogP contribution in [0.3, 0.4) is 0 Å². The van der Waals surface area contributed by atoms with E-state index in [1.54, 1.807) is 19.1 Å². The molecule has 0 bridgehead atoms. The van der Waals surface area contributed by atoms with Crippen molar-refractivity contribution in [1.82, 2.24) is 0 Å². The fourth-order valence-electron chi connectivity index (χ4n) is 1.70. The summed E-state index contributed by atoms with van der Waals surface area (Å²) in [6.45, 7) is 1.87. The second-order valence-electron chi connectivity index (χ2n) is 4.01. The number of nitrogens with zero attached hydrogens (tertiary/aromatic N) is 3. The summed E-state index contributed by atoms with van der Waals surface area (Å²) in [5.41, 5.74) is 9.26. The van der Waals surface area contributed by atoms with Gasteiger partial charge in [0.25, 0.3) is 0 Å². The summed E-state index contributed by atoms with van der Waals surface area (Å²) >= 11 is 0. The summed E-state index contributed by atoms with van der Waals surface area (Å²) in [6, 6.07) is 13.0. The van der Waals surface area contributed by atoms with Crippen LogP contribution >= 0.6 is 0 Å². The number of hydrogen-bond donors (Lipinski definition) is 0. The van der Waals surface area contributed by atoms with Crippen molar-refractivity contribution >= 4 is 12.0 Å². The van der Waals surface area contributed by atoms with Crippen LogP contribution in [-0.2, 0) is 9.53 Å². The van der Waals surface area contributed by atoms with E-state index < -0.39 is 5.97 Å². The van der Waals surface area contributed by atoms with Gasteiger partial charge in [-0.2, -0.15) is 0 Å². The Bertz CT molecular complexity index is 698. The molecule has 6 heteroatoms. The van der Waals surface area contributed by atoms with Crippen LogP contribution in [0.4, 0.5) is 0 Å². The third kappa shape index (κ3) is 3.75. The largest absolute Gasteiger partial charge is 0.462 e. The molecule has 0 amide bonds. The second-order valence-corrected chi connectivity index (χ2v) is 4.01. The molecule has 0 spiro atoms. The first kappa shape index (κ1) is 14.4. The molecule has 0 aliphatic rings. The number of rotatable bonds is 5. The summed E-state index contributed by atoms with van der Waals surface area (Å²) < 4.78 is 10.4. The molecule has 0 fully saturated rings. The maximum absolute atomic E-state index is 11.6. The lowest BCUT2D eigenvalue weighted by molar-refractivity contribution is -0.138. The van der Waals surface area contributed by atoms with Crippen molar-refractivity contribution in [3.8, 4) is 11.3 Å². The molecule has 0 atom stereocenters. The predicted molar refractivity (Wildman–Crippen MR) is 77.9 cm³/mol. The first-order valence-corrected chi connectivity index (χ1v) is 6.33. The Kier molecular flexibility index (Phi) is 4.79. The molecular formula is C15H13N3O3. The van der Waals surface area contributed by atoms with Gasteiger partial charge in [-0.1, -0.05) is 35.4 Å². The molecule has 0 aliphatic carbocycles. The Labute approximate surface area is 121 Å². The first-order valence-electron chi connectivity index (χ1n) is 6.33. The monoisotopic (exact) mass is 283 g/mol. The lowest BCUT2D eigenvalue weighted by Crippen LogP contribution is -2.05. The third-order valence-corrected chi connectivity index (χ3v) is 2.60. The highest BCUT2D eigenvalue weighted by Gasteiger charge is 2.10. The molecule has 21 heavy (non-hydrogen) atoms. The van der Waals surface area contributed by atoms with E-state index in [4.69, 9.17) is 14.7 Å². The number of ether oxygens (including phenoxy) is 1. The summed E-state index contributed by atoms with van der Waals surface area (Å²) in [6.07, 6.45) is 1.35. The van der Waals surface area contributed by atoms with Gasteiger partial charge < -0.3 is 9.15 Å². The zero-order chi connectivity index (χ0) is 15.1. The average molecular weight is 283 g/mol. The first-order chi connectivity index (χ1) is 10.2. The van der Waals surface area contributed by atoms with Gasteiger partial charge in [-0.3, -0.25) is 0 Å². The SMILES string of the molecule is CCOC(=O)/C(=C/c1ccc(-c2ccccc2)o1)N=[N+]=[N-]. The van der Waals surface area contributed by atoms with Crippen LogP contribution in [0.2, 0.25) is 0 Å². The summed E-state index contributed by atoms with van der Waals surface area (Å²) in [5, 5.41) is 3.33. The smallest absolute Gasteiger partial charge is 0.340 e. The molecule has 0 radical (unpaired) electrons. The Morgan fingerprint density at radius 2 is 2.10 bits per heavy atom. The summed E-state index contributed by atoms with van der Waals surface area (Å²) in [7, 11) is 0. The van der Waals surface area contributed by atoms with Crippen LogP contribution in [0.1, 0.15) is 12.7 Å². The lowest BCUT2D eigenvalue weighted by atomic mass is 10.2. The van der Waals surface area contributed by atoms with Crippen LogP contribution in [0.15, 0.2) is 57.7 Å². The van der Waals surface area contributed by atoms with Crippen LogP contribution in [0.5, 0.6) is 0 Å². The Morgan fingerprint density at radius 3 is 2.76 bits per heavy atom. The average Bonchev–Trinajstić information content (AvgIpc) is 2.96. The summed E-state index contributed by atoms with van der Waals surface area (Å²) in [5.74, 6) is 0.378. The fourth-order valence-corrected chi connectivity index (χ4v) is 1.70. The highest BCUT2D eigenvalue weighted by atomic mass is 16.5. The minimum atomic E-state index is -0.687. The van der Waals surface area contributed by atoms with Gasteiger partial charge in [0.2, 0.25) is 0 Å². The van der Waals surface area contributed by atoms with E-state index in [9.17, 15) is 4.79 Å². The second kappa shape index (κ2) is 6.98. The van der Waals surface area contributed by atoms with Gasteiger partial charge in [0.05, 0.1) is 6.61 Å². The molecule has 1 heterocycles. The van der Waals surface area contributed by atoms with Gasteiger partial charge in [-0.05, 0) is 30.7 Å². The molecule has 6 nitrogen and oxygen atoms in total. The molecule has 0 aliphatic heterocycles. The normalized spacial score (nSPS) is 10.8. The van der Waals surface area contributed by atoms with Crippen molar-refractivity contribution in [1.29, 1.82) is 0 Å². The standard InChI is InChI=1S/C15H13N3O3/c1-2-20-15(19)13(17-18-16)10-12-8-9-14(21-12)11-6-4-3-5-7-11/h3-10H,2H2,1H3/b13-10-. The zero-order valence-electron chi connectivity index (χ0n) is 11.4. The number of furan rings is 1. The van der Waals surface area contributed by atoms with Gasteiger partial charge >= 0.3 is 5.97 Å². The van der Waals surface area contributed by atoms with Gasteiger partial charge in [0.15, 0.2) is 0 Å². The van der Waals surface area contributed by atoms with Crippen molar-refractivity contribution in [2.45, 2.75) is 6.92 Å². The maximum atomic E-state index is 11.6. The van der Waals surface area contributed by atoms with E-state index in [-0.39, 0.29) is 12.3 Å². The van der Waals surface area contributed by atoms with Crippen LogP contribution in [-0.4, -0.2) is 12.6 Å². The Hall–Kier alpha value is -2.98. The fraction of sp³-hybridized carbons (Fsp3) is 0.133. The van der Waals surface area contributed by atoms with E-state index >= 15 is 0 Å². The van der Waals surface area contributed by atoms with Crippen LogP contribution < -0.4 is 0 Å². The molecule has 1 aromatic carbocycles. The molecule has 0 saturated heterocycles. The van der Waals surface area contributed by atoms with E-state index in [0.29, 0.717) is 11.5 Å². The molecule has 106 valence electrons. The van der Waals surface area contributed by atoms with E-state index in [0.717, 1.165) is 5.56 Å². The minimum absolute atomic E-state index is 0.145. The van der Waals surface area contributed by atoms with Crippen LogP contribution in [0, 0.1) is 0 Å². The van der Waals surface area contributed by atoms with Crippen molar-refractivity contribution in [2.75, 3.05) is 6.61 Å². The van der Waals surface area contributed by atoms with Gasteiger partial charge in [-0.25, -0.2) is 4.79 Å². The van der Waals surface area contributed by atoms with Gasteiger partial charge in [0, 0.05) is 10.5 Å². The predicted octanol–water partition coefficient (Wildman–Crippen LogP) is 4.16. The van der Waals surface area contributed by atoms with Crippen LogP contribution in [0.25, 0.3) is 27.8 Å². The molecular weight excluding hydrogens is 270 g/mol. The maximum Gasteiger partial charge on any atom is 0.340 e. The topological polar surface area (TPSA) is 88.2 Å². The van der Waals surface area contributed by atoms with Crippen molar-refractivity contribution < 1.29 is 13.9 Å². The number of carbonyl (C=O) groups excluding carboxylic acids is 1. The minimum Gasteiger partial charge on any atom is -0.462 e. The molecule has 2 rings (SSSR count). The van der Waals surface area contributed by atoms with Crippen molar-refractivity contribution in [3.63, 3.8) is 0 Å². The third-order valence-electron chi connectivity index (χ3n) is 2.60. The number of esters is 1. The Morgan fingerprint density at radius 1 is 1.33 bits per heavy atom. The lowest BCUT2D eigenvalue weighted by Gasteiger charge is -2.00.